The van der Waals surface area contributed by atoms with E-state index in [1.54, 1.807) is 11.8 Å². The predicted octanol–water partition coefficient (Wildman–Crippen LogP) is 1.62. The van der Waals surface area contributed by atoms with E-state index in [0.717, 1.165) is 6.92 Å². The van der Waals surface area contributed by atoms with Crippen LogP contribution in [-0.2, 0) is 10.7 Å². The predicted molar refractivity (Wildman–Crippen MR) is 94.1 cm³/mol. The van der Waals surface area contributed by atoms with Gasteiger partial charge in [0.15, 0.2) is 0 Å². The van der Waals surface area contributed by atoms with Crippen LogP contribution in [0.1, 0.15) is 31.5 Å². The molecule has 148 valence electrons. The number of carboxylic acid groups (broad SMARTS) is 1. The number of aliphatic carboxylic acids is 1. The number of aliphatic hydroxyl groups excluding tert-OH is 1. The van der Waals surface area contributed by atoms with Crippen molar-refractivity contribution in [2.45, 2.75) is 45.3 Å². The average Bonchev–Trinajstić information content (AvgIpc) is 3.02. The van der Waals surface area contributed by atoms with Crippen LogP contribution in [0.15, 0.2) is 0 Å². The summed E-state index contributed by atoms with van der Waals surface area (Å²) in [6.45, 7) is 5.83. The molecule has 2 saturated heterocycles. The molecule has 0 radical (unpaired) electrons. The van der Waals surface area contributed by atoms with Gasteiger partial charge < -0.3 is 20.0 Å². The van der Waals surface area contributed by atoms with E-state index in [2.05, 4.69) is 9.97 Å². The van der Waals surface area contributed by atoms with Gasteiger partial charge in [0, 0.05) is 38.5 Å². The highest BCUT2D eigenvalue weighted by molar-refractivity contribution is 5.68. The van der Waals surface area contributed by atoms with Crippen LogP contribution in [0.5, 0.6) is 0 Å². The molecule has 4 rings (SSSR count). The van der Waals surface area contributed by atoms with Crippen LogP contribution >= 0.6 is 0 Å². The number of rotatable bonds is 5. The molecule has 1 aromatic rings. The lowest BCUT2D eigenvalue weighted by atomic mass is 10.0. The molecule has 7 nitrogen and oxygen atoms in total. The highest BCUT2D eigenvalue weighted by Gasteiger charge is 2.56. The van der Waals surface area contributed by atoms with Crippen molar-refractivity contribution in [1.29, 1.82) is 0 Å². The molecule has 27 heavy (non-hydrogen) atoms. The first kappa shape index (κ1) is 18.3. The van der Waals surface area contributed by atoms with Crippen molar-refractivity contribution in [3.63, 3.8) is 0 Å². The lowest BCUT2D eigenvalue weighted by Crippen LogP contribution is -2.59. The Morgan fingerprint density at radius 2 is 1.89 bits per heavy atom. The van der Waals surface area contributed by atoms with Gasteiger partial charge in [0.2, 0.25) is 5.95 Å². The van der Waals surface area contributed by atoms with Crippen molar-refractivity contribution in [2.75, 3.05) is 29.4 Å². The van der Waals surface area contributed by atoms with Gasteiger partial charge in [-0.15, -0.1) is 0 Å². The second-order valence-electron chi connectivity index (χ2n) is 8.16. The summed E-state index contributed by atoms with van der Waals surface area (Å²) in [6.07, 6.45) is -0.348. The zero-order valence-corrected chi connectivity index (χ0v) is 15.6. The van der Waals surface area contributed by atoms with Crippen LogP contribution in [-0.4, -0.2) is 57.9 Å². The average molecular weight is 382 g/mol. The number of nitrogens with zero attached hydrogens (tertiary/aromatic N) is 4. The molecule has 1 aromatic heterocycles. The Bertz CT molecular complexity index is 773. The number of β-amino-alcohol motifs (C(OH)–C–C–N with tert-alkyl or cyclic N) is 1. The molecule has 0 amide bonds. The van der Waals surface area contributed by atoms with Gasteiger partial charge in [-0.05, 0) is 31.6 Å². The number of hydrogen-bond acceptors (Lipinski definition) is 6. The fourth-order valence-electron chi connectivity index (χ4n) is 4.54. The Morgan fingerprint density at radius 3 is 2.37 bits per heavy atom. The van der Waals surface area contributed by atoms with Crippen molar-refractivity contribution in [3.8, 4) is 0 Å². The van der Waals surface area contributed by atoms with E-state index >= 15 is 0 Å². The minimum Gasteiger partial charge on any atom is -0.481 e. The zero-order valence-electron chi connectivity index (χ0n) is 15.6. The number of aromatic nitrogens is 2. The fraction of sp³-hybridized carbons (Fsp3) is 0.722. The first-order valence-electron chi connectivity index (χ1n) is 9.26. The molecule has 0 spiro atoms. The Hall–Kier alpha value is -2.03. The molecular formula is C18H24F2N4O3. The van der Waals surface area contributed by atoms with Crippen LogP contribution in [0.2, 0.25) is 0 Å². The summed E-state index contributed by atoms with van der Waals surface area (Å²) in [5.74, 6) is -2.43. The summed E-state index contributed by atoms with van der Waals surface area (Å²) in [4.78, 5) is 23.3. The summed E-state index contributed by atoms with van der Waals surface area (Å²) >= 11 is 0. The molecule has 3 heterocycles. The smallest absolute Gasteiger partial charge is 0.303 e. The maximum atomic E-state index is 14.2. The Labute approximate surface area is 156 Å². The third-order valence-electron chi connectivity index (χ3n) is 6.29. The topological polar surface area (TPSA) is 89.8 Å². The number of piperidine rings is 1. The van der Waals surface area contributed by atoms with Gasteiger partial charge in [0.25, 0.3) is 5.92 Å². The number of carbonyl (C=O) groups is 1. The van der Waals surface area contributed by atoms with Crippen LogP contribution in [0.4, 0.5) is 20.5 Å². The highest BCUT2D eigenvalue weighted by atomic mass is 19.3. The standard InChI is InChI=1S/C18H24F2N4O3/c1-8-15(18(3,19)20)21-17(24-7-13(25)9(24)2)22-16(8)23-5-11-10(4-14(26)27)12(11)6-23/h9-13,25H,4-7H2,1-3H3,(H,26,27)/t9-,10-,11?,12+,13+/m0/s1. The lowest BCUT2D eigenvalue weighted by Gasteiger charge is -2.43. The number of carboxylic acids is 1. The van der Waals surface area contributed by atoms with E-state index < -0.39 is 18.0 Å². The molecule has 0 aromatic carbocycles. The lowest BCUT2D eigenvalue weighted by molar-refractivity contribution is -0.137. The Balaban J connectivity index is 1.62. The van der Waals surface area contributed by atoms with E-state index in [1.807, 2.05) is 11.8 Å². The van der Waals surface area contributed by atoms with E-state index in [1.165, 1.54) is 0 Å². The van der Waals surface area contributed by atoms with Gasteiger partial charge >= 0.3 is 5.97 Å². The summed E-state index contributed by atoms with van der Waals surface area (Å²) in [5.41, 5.74) is 0.0646. The van der Waals surface area contributed by atoms with Crippen LogP contribution in [0.25, 0.3) is 0 Å². The molecule has 5 atom stereocenters. The molecule has 2 aliphatic heterocycles. The number of aliphatic hydroxyl groups is 1. The number of alkyl halides is 2. The number of halogens is 2. The number of fused-ring (bicyclic) bond motifs is 1. The first-order valence-corrected chi connectivity index (χ1v) is 9.26. The van der Waals surface area contributed by atoms with E-state index in [-0.39, 0.29) is 41.9 Å². The van der Waals surface area contributed by atoms with Crippen LogP contribution in [0.3, 0.4) is 0 Å². The van der Waals surface area contributed by atoms with Gasteiger partial charge in [-0.2, -0.15) is 13.8 Å². The first-order chi connectivity index (χ1) is 12.6. The SMILES string of the molecule is Cc1c(N2CC3[C@H](CC(=O)O)[C@H]3C2)nc(N2C[C@@H](O)[C@@H]2C)nc1C(C)(F)F. The maximum Gasteiger partial charge on any atom is 0.303 e. The van der Waals surface area contributed by atoms with Crippen LogP contribution < -0.4 is 9.80 Å². The molecule has 3 fully saturated rings. The number of anilines is 2. The van der Waals surface area contributed by atoms with Crippen molar-refractivity contribution >= 4 is 17.7 Å². The second-order valence-corrected chi connectivity index (χ2v) is 8.16. The normalized spacial score (nSPS) is 32.3. The third-order valence-corrected chi connectivity index (χ3v) is 6.29. The summed E-state index contributed by atoms with van der Waals surface area (Å²) in [6, 6.07) is -0.217. The molecular weight excluding hydrogens is 358 g/mol. The number of hydrogen-bond donors (Lipinski definition) is 2. The molecule has 3 aliphatic rings. The zero-order chi connectivity index (χ0) is 19.7. The monoisotopic (exact) mass is 382 g/mol. The summed E-state index contributed by atoms with van der Waals surface area (Å²) in [5, 5.41) is 18.7. The largest absolute Gasteiger partial charge is 0.481 e. The second kappa shape index (κ2) is 5.98. The fourth-order valence-corrected chi connectivity index (χ4v) is 4.54. The van der Waals surface area contributed by atoms with Crippen molar-refractivity contribution in [1.82, 2.24) is 9.97 Å². The molecule has 1 unspecified atom stereocenters. The third kappa shape index (κ3) is 3.01. The maximum absolute atomic E-state index is 14.2. The van der Waals surface area contributed by atoms with Gasteiger partial charge in [-0.3, -0.25) is 4.79 Å². The van der Waals surface area contributed by atoms with Gasteiger partial charge in [-0.25, -0.2) is 4.98 Å². The minimum atomic E-state index is -3.10. The summed E-state index contributed by atoms with van der Waals surface area (Å²) in [7, 11) is 0. The quantitative estimate of drug-likeness (QED) is 0.800. The molecule has 2 N–H and O–H groups in total. The van der Waals surface area contributed by atoms with Crippen LogP contribution in [0, 0.1) is 24.7 Å². The van der Waals surface area contributed by atoms with Crippen molar-refractivity contribution in [3.05, 3.63) is 11.3 Å². The van der Waals surface area contributed by atoms with Gasteiger partial charge in [-0.1, -0.05) is 0 Å². The van der Waals surface area contributed by atoms with Crippen molar-refractivity contribution < 1.29 is 23.8 Å². The molecule has 9 heteroatoms. The van der Waals surface area contributed by atoms with Crippen molar-refractivity contribution in [2.24, 2.45) is 17.8 Å². The Morgan fingerprint density at radius 1 is 1.26 bits per heavy atom. The minimum absolute atomic E-state index is 0.165. The van der Waals surface area contributed by atoms with Gasteiger partial charge in [0.1, 0.15) is 11.5 Å². The highest BCUT2D eigenvalue weighted by Crippen LogP contribution is 2.54. The Kier molecular flexibility index (Phi) is 4.06. The van der Waals surface area contributed by atoms with E-state index in [0.29, 0.717) is 31.0 Å². The van der Waals surface area contributed by atoms with E-state index in [9.17, 15) is 18.7 Å². The molecule has 0 bridgehead atoms. The molecule has 1 saturated carbocycles. The summed E-state index contributed by atoms with van der Waals surface area (Å²) < 4.78 is 28.3. The van der Waals surface area contributed by atoms with E-state index in [4.69, 9.17) is 5.11 Å². The molecule has 1 aliphatic carbocycles. The van der Waals surface area contributed by atoms with Gasteiger partial charge in [0.05, 0.1) is 12.1 Å².